The van der Waals surface area contributed by atoms with Crippen LogP contribution in [0.3, 0.4) is 0 Å². The average Bonchev–Trinajstić information content (AvgIpc) is 2.33. The van der Waals surface area contributed by atoms with Crippen LogP contribution in [0.15, 0.2) is 18.2 Å². The fraction of sp³-hybridized carbons (Fsp3) is 0.538. The van der Waals surface area contributed by atoms with E-state index in [1.807, 2.05) is 11.8 Å². The van der Waals surface area contributed by atoms with Crippen molar-refractivity contribution in [3.05, 3.63) is 29.8 Å². The number of benzene rings is 1. The number of rotatable bonds is 7. The molecule has 1 rings (SSSR count). The first-order valence-corrected chi connectivity index (χ1v) is 6.00. The monoisotopic (exact) mass is 243 g/mol. The van der Waals surface area contributed by atoms with Gasteiger partial charge in [-0.25, -0.2) is 8.78 Å². The fourth-order valence-corrected chi connectivity index (χ4v) is 1.74. The first kappa shape index (κ1) is 13.9. The van der Waals surface area contributed by atoms with Gasteiger partial charge in [-0.05, 0) is 38.3 Å². The van der Waals surface area contributed by atoms with E-state index in [2.05, 4.69) is 0 Å². The third kappa shape index (κ3) is 4.30. The van der Waals surface area contributed by atoms with Crippen molar-refractivity contribution in [3.63, 3.8) is 0 Å². The molecule has 0 aliphatic rings. The molecule has 0 spiro atoms. The molecule has 0 amide bonds. The van der Waals surface area contributed by atoms with Gasteiger partial charge in [0, 0.05) is 31.5 Å². The second kappa shape index (κ2) is 7.22. The molecule has 2 nitrogen and oxygen atoms in total. The van der Waals surface area contributed by atoms with Crippen molar-refractivity contribution >= 4 is 5.69 Å². The minimum Gasteiger partial charge on any atom is -0.396 e. The van der Waals surface area contributed by atoms with Crippen LogP contribution >= 0.6 is 0 Å². The zero-order chi connectivity index (χ0) is 12.7. The van der Waals surface area contributed by atoms with Gasteiger partial charge in [0.25, 0.3) is 0 Å². The Morgan fingerprint density at radius 3 is 2.47 bits per heavy atom. The minimum atomic E-state index is -0.815. The Bertz CT molecular complexity index is 344. The number of halogens is 2. The normalized spacial score (nSPS) is 10.6. The maximum atomic E-state index is 13.1. The molecule has 0 aromatic heterocycles. The van der Waals surface area contributed by atoms with Gasteiger partial charge in [0.05, 0.1) is 0 Å². The lowest BCUT2D eigenvalue weighted by molar-refractivity contribution is 0.283. The van der Waals surface area contributed by atoms with Crippen LogP contribution in [0, 0.1) is 11.6 Å². The Labute approximate surface area is 101 Å². The summed E-state index contributed by atoms with van der Waals surface area (Å²) in [6.45, 7) is 3.73. The summed E-state index contributed by atoms with van der Waals surface area (Å²) >= 11 is 0. The average molecular weight is 243 g/mol. The highest BCUT2D eigenvalue weighted by atomic mass is 19.2. The Kier molecular flexibility index (Phi) is 5.91. The summed E-state index contributed by atoms with van der Waals surface area (Å²) in [6, 6.07) is 3.97. The molecule has 0 heterocycles. The summed E-state index contributed by atoms with van der Waals surface area (Å²) in [7, 11) is 0. The van der Waals surface area contributed by atoms with Crippen LogP contribution in [0.2, 0.25) is 0 Å². The predicted octanol–water partition coefficient (Wildman–Crippen LogP) is 2.95. The van der Waals surface area contributed by atoms with Crippen molar-refractivity contribution in [2.45, 2.75) is 26.2 Å². The van der Waals surface area contributed by atoms with Crippen molar-refractivity contribution in [3.8, 4) is 0 Å². The largest absolute Gasteiger partial charge is 0.396 e. The molecule has 0 radical (unpaired) electrons. The SMILES string of the molecule is CCN(CCCCCO)c1ccc(F)c(F)c1. The number of aliphatic hydroxyl groups is 1. The van der Waals surface area contributed by atoms with Gasteiger partial charge in [0.1, 0.15) is 0 Å². The van der Waals surface area contributed by atoms with E-state index >= 15 is 0 Å². The first-order valence-electron chi connectivity index (χ1n) is 6.00. The smallest absolute Gasteiger partial charge is 0.160 e. The van der Waals surface area contributed by atoms with Crippen LogP contribution < -0.4 is 4.90 Å². The molecule has 17 heavy (non-hydrogen) atoms. The van der Waals surface area contributed by atoms with Crippen LogP contribution in [0.1, 0.15) is 26.2 Å². The Morgan fingerprint density at radius 2 is 1.88 bits per heavy atom. The van der Waals surface area contributed by atoms with Crippen LogP contribution in [0.25, 0.3) is 0 Å². The third-order valence-electron chi connectivity index (χ3n) is 2.74. The standard InChI is InChI=1S/C13H19F2NO/c1-2-16(8-4-3-5-9-17)11-6-7-12(14)13(15)10-11/h6-7,10,17H,2-5,8-9H2,1H3. The molecule has 0 saturated carbocycles. The van der Waals surface area contributed by atoms with Crippen molar-refractivity contribution in [1.29, 1.82) is 0 Å². The lowest BCUT2D eigenvalue weighted by atomic mass is 10.2. The fourth-order valence-electron chi connectivity index (χ4n) is 1.74. The van der Waals surface area contributed by atoms with Gasteiger partial charge in [0.2, 0.25) is 0 Å². The van der Waals surface area contributed by atoms with Crippen LogP contribution in [-0.2, 0) is 0 Å². The van der Waals surface area contributed by atoms with E-state index in [1.54, 1.807) is 6.07 Å². The lowest BCUT2D eigenvalue weighted by Crippen LogP contribution is -2.24. The molecule has 1 N–H and O–H groups in total. The van der Waals surface area contributed by atoms with E-state index < -0.39 is 11.6 Å². The van der Waals surface area contributed by atoms with Crippen molar-refractivity contribution in [2.75, 3.05) is 24.6 Å². The molecule has 96 valence electrons. The maximum Gasteiger partial charge on any atom is 0.160 e. The second-order valence-corrected chi connectivity index (χ2v) is 3.96. The van der Waals surface area contributed by atoms with E-state index in [-0.39, 0.29) is 6.61 Å². The molecule has 1 aromatic carbocycles. The summed E-state index contributed by atoms with van der Waals surface area (Å²) in [5, 5.41) is 8.67. The van der Waals surface area contributed by atoms with Crippen molar-refractivity contribution < 1.29 is 13.9 Å². The molecule has 0 bridgehead atoms. The first-order chi connectivity index (χ1) is 8.19. The zero-order valence-electron chi connectivity index (χ0n) is 10.1. The van der Waals surface area contributed by atoms with Gasteiger partial charge < -0.3 is 10.0 Å². The number of hydrogen-bond acceptors (Lipinski definition) is 2. The van der Waals surface area contributed by atoms with E-state index in [9.17, 15) is 8.78 Å². The summed E-state index contributed by atoms with van der Waals surface area (Å²) in [5.74, 6) is -1.62. The lowest BCUT2D eigenvalue weighted by Gasteiger charge is -2.23. The Morgan fingerprint density at radius 1 is 1.12 bits per heavy atom. The minimum absolute atomic E-state index is 0.206. The van der Waals surface area contributed by atoms with Gasteiger partial charge in [-0.1, -0.05) is 0 Å². The van der Waals surface area contributed by atoms with E-state index in [0.29, 0.717) is 5.69 Å². The molecule has 0 unspecified atom stereocenters. The summed E-state index contributed by atoms with van der Waals surface area (Å²) in [5.41, 5.74) is 0.704. The maximum absolute atomic E-state index is 13.1. The van der Waals surface area contributed by atoms with Crippen LogP contribution in [0.4, 0.5) is 14.5 Å². The number of unbranched alkanes of at least 4 members (excludes halogenated alkanes) is 2. The molecule has 0 aliphatic carbocycles. The quantitative estimate of drug-likeness (QED) is 0.744. The summed E-state index contributed by atoms with van der Waals surface area (Å²) < 4.78 is 25.9. The molecule has 0 saturated heterocycles. The van der Waals surface area contributed by atoms with Gasteiger partial charge in [-0.3, -0.25) is 0 Å². The molecular weight excluding hydrogens is 224 g/mol. The zero-order valence-corrected chi connectivity index (χ0v) is 10.1. The Balaban J connectivity index is 2.56. The highest BCUT2D eigenvalue weighted by molar-refractivity contribution is 5.46. The highest BCUT2D eigenvalue weighted by Crippen LogP contribution is 2.18. The van der Waals surface area contributed by atoms with E-state index in [1.165, 1.54) is 6.07 Å². The third-order valence-corrected chi connectivity index (χ3v) is 2.74. The number of nitrogens with zero attached hydrogens (tertiary/aromatic N) is 1. The molecule has 1 aromatic rings. The van der Waals surface area contributed by atoms with Crippen LogP contribution in [-0.4, -0.2) is 24.8 Å². The molecule has 0 aliphatic heterocycles. The highest BCUT2D eigenvalue weighted by Gasteiger charge is 2.07. The topological polar surface area (TPSA) is 23.5 Å². The number of aliphatic hydroxyl groups excluding tert-OH is 1. The van der Waals surface area contributed by atoms with Gasteiger partial charge in [-0.2, -0.15) is 0 Å². The van der Waals surface area contributed by atoms with Gasteiger partial charge in [0.15, 0.2) is 11.6 Å². The molecular formula is C13H19F2NO. The predicted molar refractivity (Wildman–Crippen MR) is 65.2 cm³/mol. The van der Waals surface area contributed by atoms with Crippen molar-refractivity contribution in [1.82, 2.24) is 0 Å². The van der Waals surface area contributed by atoms with Crippen molar-refractivity contribution in [2.24, 2.45) is 0 Å². The molecule has 0 fully saturated rings. The Hall–Kier alpha value is -1.16. The molecule has 0 atom stereocenters. The van der Waals surface area contributed by atoms with Crippen LogP contribution in [0.5, 0.6) is 0 Å². The number of anilines is 1. The number of hydrogen-bond donors (Lipinski definition) is 1. The van der Waals surface area contributed by atoms with E-state index in [0.717, 1.165) is 38.4 Å². The van der Waals surface area contributed by atoms with E-state index in [4.69, 9.17) is 5.11 Å². The van der Waals surface area contributed by atoms with Gasteiger partial charge >= 0.3 is 0 Å². The summed E-state index contributed by atoms with van der Waals surface area (Å²) in [4.78, 5) is 2.00. The van der Waals surface area contributed by atoms with Gasteiger partial charge in [-0.15, -0.1) is 0 Å². The summed E-state index contributed by atoms with van der Waals surface area (Å²) in [6.07, 6.45) is 2.67. The second-order valence-electron chi connectivity index (χ2n) is 3.96. The molecule has 4 heteroatoms.